The van der Waals surface area contributed by atoms with Gasteiger partial charge in [0.1, 0.15) is 5.60 Å². The van der Waals surface area contributed by atoms with Crippen LogP contribution < -0.4 is 5.32 Å². The van der Waals surface area contributed by atoms with Crippen molar-refractivity contribution < 1.29 is 17.9 Å². The van der Waals surface area contributed by atoms with Gasteiger partial charge >= 0.3 is 6.09 Å². The SMILES string of the molecule is CC(C)(C)OC(=O)NC(c1cccc(Cl)c1Cl)S(=O)(=O)c1ccccc1. The van der Waals surface area contributed by atoms with E-state index in [0.717, 1.165) is 0 Å². The molecular formula is C18H19Cl2NO4S. The fraction of sp³-hybridized carbons (Fsp3) is 0.278. The van der Waals surface area contributed by atoms with Crippen LogP contribution >= 0.6 is 23.2 Å². The average molecular weight is 416 g/mol. The van der Waals surface area contributed by atoms with Gasteiger partial charge in [0.25, 0.3) is 0 Å². The van der Waals surface area contributed by atoms with Crippen LogP contribution in [-0.4, -0.2) is 20.1 Å². The largest absolute Gasteiger partial charge is 0.444 e. The van der Waals surface area contributed by atoms with E-state index in [0.29, 0.717) is 0 Å². The number of benzene rings is 2. The highest BCUT2D eigenvalue weighted by Crippen LogP contribution is 2.35. The molecule has 0 aliphatic rings. The molecule has 140 valence electrons. The van der Waals surface area contributed by atoms with Crippen molar-refractivity contribution in [2.45, 2.75) is 36.6 Å². The van der Waals surface area contributed by atoms with Gasteiger partial charge in [0.05, 0.1) is 14.9 Å². The van der Waals surface area contributed by atoms with E-state index >= 15 is 0 Å². The molecule has 2 rings (SSSR count). The highest BCUT2D eigenvalue weighted by atomic mass is 35.5. The molecule has 0 spiro atoms. The molecule has 1 N–H and O–H groups in total. The molecule has 0 heterocycles. The van der Waals surface area contributed by atoms with E-state index in [4.69, 9.17) is 27.9 Å². The van der Waals surface area contributed by atoms with Crippen molar-refractivity contribution in [1.82, 2.24) is 5.32 Å². The lowest BCUT2D eigenvalue weighted by Gasteiger charge is -2.24. The summed E-state index contributed by atoms with van der Waals surface area (Å²) >= 11 is 12.2. The minimum absolute atomic E-state index is 0.0390. The fourth-order valence-electron chi connectivity index (χ4n) is 2.21. The second-order valence-electron chi connectivity index (χ2n) is 6.53. The summed E-state index contributed by atoms with van der Waals surface area (Å²) in [5.74, 6) is 0. The molecule has 2 aromatic rings. The number of sulfone groups is 1. The van der Waals surface area contributed by atoms with Crippen LogP contribution in [0, 0.1) is 0 Å². The second-order valence-corrected chi connectivity index (χ2v) is 9.35. The van der Waals surface area contributed by atoms with E-state index in [2.05, 4.69) is 5.32 Å². The van der Waals surface area contributed by atoms with Crippen molar-refractivity contribution in [2.24, 2.45) is 0 Å². The molecular weight excluding hydrogens is 397 g/mol. The van der Waals surface area contributed by atoms with Crippen LogP contribution in [0.25, 0.3) is 0 Å². The van der Waals surface area contributed by atoms with Crippen LogP contribution in [-0.2, 0) is 14.6 Å². The minimum atomic E-state index is -4.00. The smallest absolute Gasteiger partial charge is 0.408 e. The van der Waals surface area contributed by atoms with Crippen molar-refractivity contribution in [3.63, 3.8) is 0 Å². The number of carbonyl (C=O) groups excluding carboxylic acids is 1. The zero-order chi connectivity index (χ0) is 19.5. The molecule has 0 aliphatic heterocycles. The molecule has 0 radical (unpaired) electrons. The summed E-state index contributed by atoms with van der Waals surface area (Å²) in [6.07, 6.45) is -0.877. The van der Waals surface area contributed by atoms with Crippen LogP contribution in [0.5, 0.6) is 0 Å². The van der Waals surface area contributed by atoms with Gasteiger partial charge in [0, 0.05) is 5.56 Å². The Kier molecular flexibility index (Phi) is 6.21. The quantitative estimate of drug-likeness (QED) is 0.762. The molecule has 0 fully saturated rings. The lowest BCUT2D eigenvalue weighted by molar-refractivity contribution is 0.0519. The first kappa shape index (κ1) is 20.6. The van der Waals surface area contributed by atoms with Gasteiger partial charge in [-0.2, -0.15) is 0 Å². The van der Waals surface area contributed by atoms with Crippen molar-refractivity contribution in [2.75, 3.05) is 0 Å². The maximum Gasteiger partial charge on any atom is 0.408 e. The Bertz CT molecular complexity index is 893. The maximum absolute atomic E-state index is 13.1. The topological polar surface area (TPSA) is 72.5 Å². The van der Waals surface area contributed by atoms with E-state index < -0.39 is 26.9 Å². The first-order valence-corrected chi connectivity index (χ1v) is 10.0. The Morgan fingerprint density at radius 1 is 1.04 bits per heavy atom. The summed E-state index contributed by atoms with van der Waals surface area (Å²) in [7, 11) is -4.00. The Morgan fingerprint density at radius 3 is 2.23 bits per heavy atom. The van der Waals surface area contributed by atoms with E-state index in [1.54, 1.807) is 45.0 Å². The number of hydrogen-bond donors (Lipinski definition) is 1. The normalized spacial score (nSPS) is 13.1. The molecule has 0 saturated heterocycles. The number of alkyl carbamates (subject to hydrolysis) is 1. The molecule has 5 nitrogen and oxygen atoms in total. The first-order valence-electron chi connectivity index (χ1n) is 7.75. The molecule has 0 saturated carbocycles. The van der Waals surface area contributed by atoms with Gasteiger partial charge in [-0.1, -0.05) is 53.5 Å². The fourth-order valence-corrected chi connectivity index (χ4v) is 4.28. The van der Waals surface area contributed by atoms with Gasteiger partial charge in [0.15, 0.2) is 5.37 Å². The van der Waals surface area contributed by atoms with Crippen LogP contribution in [0.15, 0.2) is 53.4 Å². The molecule has 1 atom stereocenters. The molecule has 0 aliphatic carbocycles. The summed E-state index contributed by atoms with van der Waals surface area (Å²) in [5, 5.41) is 1.19. The Balaban J connectivity index is 2.52. The minimum Gasteiger partial charge on any atom is -0.444 e. The zero-order valence-corrected chi connectivity index (χ0v) is 16.8. The third-order valence-corrected chi connectivity index (χ3v) is 6.05. The number of nitrogens with one attached hydrogen (secondary N) is 1. The first-order chi connectivity index (χ1) is 12.0. The van der Waals surface area contributed by atoms with Gasteiger partial charge < -0.3 is 10.1 Å². The van der Waals surface area contributed by atoms with Crippen LogP contribution in [0.2, 0.25) is 10.0 Å². The van der Waals surface area contributed by atoms with E-state index in [1.807, 2.05) is 0 Å². The Hall–Kier alpha value is -1.76. The van der Waals surface area contributed by atoms with Crippen LogP contribution in [0.1, 0.15) is 31.7 Å². The van der Waals surface area contributed by atoms with Crippen LogP contribution in [0.3, 0.4) is 0 Å². The van der Waals surface area contributed by atoms with Crippen molar-refractivity contribution in [3.05, 3.63) is 64.1 Å². The highest BCUT2D eigenvalue weighted by Gasteiger charge is 2.34. The van der Waals surface area contributed by atoms with Gasteiger partial charge in [-0.15, -0.1) is 0 Å². The standard InChI is InChI=1S/C18H19Cl2NO4S/c1-18(2,3)25-17(22)21-16(13-10-7-11-14(19)15(13)20)26(23,24)12-8-5-4-6-9-12/h4-11,16H,1-3H3,(H,21,22). The predicted octanol–water partition coefficient (Wildman–Crippen LogP) is 4.99. The predicted molar refractivity (Wildman–Crippen MR) is 102 cm³/mol. The Labute approximate surface area is 163 Å². The summed E-state index contributed by atoms with van der Waals surface area (Å²) in [5.41, 5.74) is -0.627. The number of carbonyl (C=O) groups is 1. The monoisotopic (exact) mass is 415 g/mol. The third kappa shape index (κ3) is 4.90. The van der Waals surface area contributed by atoms with E-state index in [9.17, 15) is 13.2 Å². The van der Waals surface area contributed by atoms with Crippen molar-refractivity contribution >= 4 is 39.1 Å². The maximum atomic E-state index is 13.1. The summed E-state index contributed by atoms with van der Waals surface area (Å²) in [6, 6.07) is 12.4. The van der Waals surface area contributed by atoms with Crippen molar-refractivity contribution in [3.8, 4) is 0 Å². The number of halogens is 2. The van der Waals surface area contributed by atoms with Crippen molar-refractivity contribution in [1.29, 1.82) is 0 Å². The lowest BCUT2D eigenvalue weighted by Crippen LogP contribution is -2.38. The zero-order valence-electron chi connectivity index (χ0n) is 14.5. The number of hydrogen-bond acceptors (Lipinski definition) is 4. The van der Waals surface area contributed by atoms with E-state index in [-0.39, 0.29) is 20.5 Å². The molecule has 1 unspecified atom stereocenters. The molecule has 0 aromatic heterocycles. The van der Waals surface area contributed by atoms with Gasteiger partial charge in [-0.05, 0) is 39.0 Å². The summed E-state index contributed by atoms with van der Waals surface area (Å²) in [6.45, 7) is 5.04. The third-order valence-electron chi connectivity index (χ3n) is 3.29. The average Bonchev–Trinajstić information content (AvgIpc) is 2.54. The lowest BCUT2D eigenvalue weighted by atomic mass is 10.2. The molecule has 26 heavy (non-hydrogen) atoms. The summed E-state index contributed by atoms with van der Waals surface area (Å²) < 4.78 is 31.5. The molecule has 1 amide bonds. The van der Waals surface area contributed by atoms with Crippen LogP contribution in [0.4, 0.5) is 4.79 Å². The molecule has 2 aromatic carbocycles. The number of ether oxygens (including phenoxy) is 1. The van der Waals surface area contributed by atoms with Gasteiger partial charge in [0.2, 0.25) is 9.84 Å². The number of amides is 1. The molecule has 0 bridgehead atoms. The van der Waals surface area contributed by atoms with Gasteiger partial charge in [-0.25, -0.2) is 13.2 Å². The van der Waals surface area contributed by atoms with E-state index in [1.165, 1.54) is 24.3 Å². The second kappa shape index (κ2) is 7.86. The van der Waals surface area contributed by atoms with Gasteiger partial charge in [-0.3, -0.25) is 0 Å². The Morgan fingerprint density at radius 2 is 1.65 bits per heavy atom. The summed E-state index contributed by atoms with van der Waals surface area (Å²) in [4.78, 5) is 12.3. The molecule has 8 heteroatoms. The highest BCUT2D eigenvalue weighted by molar-refractivity contribution is 7.91. The number of rotatable bonds is 4.